The van der Waals surface area contributed by atoms with Gasteiger partial charge >= 0.3 is 11.8 Å². The van der Waals surface area contributed by atoms with Gasteiger partial charge in [-0.1, -0.05) is 12.1 Å². The molecule has 35 heavy (non-hydrogen) atoms. The molecule has 0 aliphatic carbocycles. The molecule has 1 fully saturated rings. The summed E-state index contributed by atoms with van der Waals surface area (Å²) in [6.45, 7) is 6.25. The molecule has 11 heteroatoms. The minimum absolute atomic E-state index is 0.148. The average molecular weight is 544 g/mol. The van der Waals surface area contributed by atoms with E-state index in [1.165, 1.54) is 9.47 Å². The molecule has 1 aliphatic heterocycles. The fraction of sp³-hybridized carbons (Fsp3) is 0.375. The van der Waals surface area contributed by atoms with Crippen molar-refractivity contribution in [3.05, 3.63) is 67.5 Å². The maximum atomic E-state index is 12.9. The molecule has 3 heterocycles. The summed E-state index contributed by atoms with van der Waals surface area (Å²) in [6, 6.07) is 8.57. The lowest BCUT2D eigenvalue weighted by molar-refractivity contribution is -0.119. The summed E-state index contributed by atoms with van der Waals surface area (Å²) in [7, 11) is 0. The van der Waals surface area contributed by atoms with E-state index < -0.39 is 22.9 Å². The maximum Gasteiger partial charge on any atom is 0.410 e. The number of aromatic nitrogens is 3. The van der Waals surface area contributed by atoms with Crippen LogP contribution in [0.25, 0.3) is 10.9 Å². The Morgan fingerprint density at radius 3 is 2.74 bits per heavy atom. The molecule has 0 saturated carbocycles. The quantitative estimate of drug-likeness (QED) is 0.487. The van der Waals surface area contributed by atoms with E-state index in [2.05, 4.69) is 31.2 Å². The van der Waals surface area contributed by atoms with Crippen molar-refractivity contribution in [3.8, 4) is 0 Å². The minimum Gasteiger partial charge on any atom is -0.444 e. The molecule has 0 spiro atoms. The van der Waals surface area contributed by atoms with E-state index in [0.717, 1.165) is 0 Å². The van der Waals surface area contributed by atoms with Crippen LogP contribution in [-0.2, 0) is 16.1 Å². The molecular weight excluding hydrogens is 518 g/mol. The fourth-order valence-electron chi connectivity index (χ4n) is 3.95. The molecule has 184 valence electrons. The predicted octanol–water partition coefficient (Wildman–Crippen LogP) is 3.09. The van der Waals surface area contributed by atoms with Crippen LogP contribution in [-0.4, -0.2) is 50.1 Å². The van der Waals surface area contributed by atoms with Crippen molar-refractivity contribution in [2.24, 2.45) is 5.92 Å². The van der Waals surface area contributed by atoms with Crippen LogP contribution >= 0.6 is 15.9 Å². The number of ether oxygens (including phenoxy) is 1. The smallest absolute Gasteiger partial charge is 0.410 e. The van der Waals surface area contributed by atoms with Gasteiger partial charge in [0.15, 0.2) is 0 Å². The van der Waals surface area contributed by atoms with Crippen LogP contribution in [0.1, 0.15) is 32.8 Å². The van der Waals surface area contributed by atoms with Crippen LogP contribution in [0.15, 0.2) is 50.7 Å². The third-order valence-corrected chi connectivity index (χ3v) is 6.24. The summed E-state index contributed by atoms with van der Waals surface area (Å²) in [6.07, 6.45) is 1.68. The van der Waals surface area contributed by atoms with E-state index in [9.17, 15) is 19.2 Å². The lowest BCUT2D eigenvalue weighted by atomic mass is 10.1. The second-order valence-electron chi connectivity index (χ2n) is 9.45. The Bertz CT molecular complexity index is 1410. The number of aromatic amines is 1. The lowest BCUT2D eigenvalue weighted by Crippen LogP contribution is -2.36. The molecule has 0 radical (unpaired) electrons. The Kier molecular flexibility index (Phi) is 6.79. The van der Waals surface area contributed by atoms with E-state index in [1.54, 1.807) is 57.3 Å². The summed E-state index contributed by atoms with van der Waals surface area (Å²) < 4.78 is 7.28. The van der Waals surface area contributed by atoms with Crippen LogP contribution in [0.4, 0.5) is 10.5 Å². The van der Waals surface area contributed by atoms with Crippen LogP contribution in [0, 0.1) is 5.92 Å². The molecule has 1 aliphatic rings. The van der Waals surface area contributed by atoms with Crippen molar-refractivity contribution in [1.82, 2.24) is 19.4 Å². The number of nitrogens with one attached hydrogen (secondary N) is 2. The summed E-state index contributed by atoms with van der Waals surface area (Å²) in [4.78, 5) is 58.0. The minimum atomic E-state index is -0.604. The molecular formula is C24H26BrN5O5. The van der Waals surface area contributed by atoms with Gasteiger partial charge in [0.05, 0.1) is 29.1 Å². The number of hydrogen-bond acceptors (Lipinski definition) is 6. The molecule has 2 N–H and O–H groups in total. The highest BCUT2D eigenvalue weighted by atomic mass is 79.9. The average Bonchev–Trinajstić information content (AvgIpc) is 3.28. The molecule has 1 aromatic carbocycles. The SMILES string of the molecule is CC(C)(C)OC(=O)N1CC[C@H](C(=O)Nc2cc(Cn3c(=O)[nH]c(=O)c4ccccc43)cnc2Br)C1. The third kappa shape index (κ3) is 5.61. The van der Waals surface area contributed by atoms with E-state index in [1.807, 2.05) is 0 Å². The van der Waals surface area contributed by atoms with Crippen molar-refractivity contribution in [2.75, 3.05) is 18.4 Å². The van der Waals surface area contributed by atoms with Gasteiger partial charge in [0, 0.05) is 19.3 Å². The number of benzene rings is 1. The van der Waals surface area contributed by atoms with E-state index >= 15 is 0 Å². The van der Waals surface area contributed by atoms with Gasteiger partial charge in [0.1, 0.15) is 10.2 Å². The van der Waals surface area contributed by atoms with Gasteiger partial charge in [0.2, 0.25) is 5.91 Å². The Hall–Kier alpha value is -3.47. The number of amides is 2. The molecule has 0 bridgehead atoms. The summed E-state index contributed by atoms with van der Waals surface area (Å²) in [5.41, 5.74) is 0.0293. The van der Waals surface area contributed by atoms with Crippen molar-refractivity contribution in [1.29, 1.82) is 0 Å². The molecule has 2 aromatic heterocycles. The van der Waals surface area contributed by atoms with Crippen molar-refractivity contribution < 1.29 is 14.3 Å². The number of H-pyrrole nitrogens is 1. The lowest BCUT2D eigenvalue weighted by Gasteiger charge is -2.24. The zero-order valence-electron chi connectivity index (χ0n) is 19.6. The van der Waals surface area contributed by atoms with E-state index in [-0.39, 0.29) is 24.9 Å². The number of carbonyl (C=O) groups excluding carboxylic acids is 2. The van der Waals surface area contributed by atoms with Gasteiger partial charge in [-0.3, -0.25) is 19.1 Å². The van der Waals surface area contributed by atoms with Crippen molar-refractivity contribution in [3.63, 3.8) is 0 Å². The topological polar surface area (TPSA) is 126 Å². The van der Waals surface area contributed by atoms with Crippen molar-refractivity contribution in [2.45, 2.75) is 39.3 Å². The number of para-hydroxylation sites is 1. The number of hydrogen-bond donors (Lipinski definition) is 2. The maximum absolute atomic E-state index is 12.9. The van der Waals surface area contributed by atoms with Gasteiger partial charge in [0.25, 0.3) is 5.56 Å². The van der Waals surface area contributed by atoms with Crippen LogP contribution in [0.3, 0.4) is 0 Å². The zero-order chi connectivity index (χ0) is 25.3. The summed E-state index contributed by atoms with van der Waals surface area (Å²) in [5.74, 6) is -0.619. The molecule has 3 aromatic rings. The number of anilines is 1. The largest absolute Gasteiger partial charge is 0.444 e. The third-order valence-electron chi connectivity index (χ3n) is 5.61. The van der Waals surface area contributed by atoms with E-state index in [0.29, 0.717) is 39.7 Å². The van der Waals surface area contributed by atoms with Gasteiger partial charge in [-0.05, 0) is 66.9 Å². The van der Waals surface area contributed by atoms with Crippen LogP contribution in [0.5, 0.6) is 0 Å². The monoisotopic (exact) mass is 543 g/mol. The predicted molar refractivity (Wildman–Crippen MR) is 134 cm³/mol. The zero-order valence-corrected chi connectivity index (χ0v) is 21.2. The molecule has 2 amide bonds. The summed E-state index contributed by atoms with van der Waals surface area (Å²) in [5, 5.41) is 3.28. The molecule has 1 saturated heterocycles. The first kappa shape index (κ1) is 24.6. The highest BCUT2D eigenvalue weighted by Crippen LogP contribution is 2.25. The second kappa shape index (κ2) is 9.65. The molecule has 1 atom stereocenters. The Labute approximate surface area is 209 Å². The molecule has 4 rings (SSSR count). The number of pyridine rings is 1. The highest BCUT2D eigenvalue weighted by molar-refractivity contribution is 9.10. The summed E-state index contributed by atoms with van der Waals surface area (Å²) >= 11 is 3.36. The Balaban J connectivity index is 1.50. The second-order valence-corrected chi connectivity index (χ2v) is 10.2. The van der Waals surface area contributed by atoms with Gasteiger partial charge in [-0.2, -0.15) is 0 Å². The normalized spacial score (nSPS) is 15.9. The van der Waals surface area contributed by atoms with Crippen LogP contribution < -0.4 is 16.6 Å². The standard InChI is InChI=1S/C24H26BrN5O5/c1-24(2,3)35-23(34)29-9-8-15(13-29)20(31)27-17-10-14(11-26-19(17)25)12-30-18-7-5-4-6-16(18)21(32)28-22(30)33/h4-7,10-11,15H,8-9,12-13H2,1-3H3,(H,27,31)(H,28,32,33)/t15-/m0/s1. The number of carbonyl (C=O) groups is 2. The Morgan fingerprint density at radius 1 is 1.26 bits per heavy atom. The highest BCUT2D eigenvalue weighted by Gasteiger charge is 2.33. The van der Waals surface area contributed by atoms with Gasteiger partial charge < -0.3 is 15.0 Å². The number of likely N-dealkylation sites (tertiary alicyclic amines) is 1. The Morgan fingerprint density at radius 2 is 2.00 bits per heavy atom. The van der Waals surface area contributed by atoms with E-state index in [4.69, 9.17) is 4.74 Å². The first-order valence-electron chi connectivity index (χ1n) is 11.2. The first-order chi connectivity index (χ1) is 16.5. The fourth-order valence-corrected chi connectivity index (χ4v) is 4.26. The molecule has 0 unspecified atom stereocenters. The number of halogens is 1. The number of nitrogens with zero attached hydrogens (tertiary/aromatic N) is 3. The first-order valence-corrected chi connectivity index (χ1v) is 12.0. The number of rotatable bonds is 4. The van der Waals surface area contributed by atoms with Crippen molar-refractivity contribution >= 4 is 44.5 Å². The van der Waals surface area contributed by atoms with Crippen LogP contribution in [0.2, 0.25) is 0 Å². The van der Waals surface area contributed by atoms with Gasteiger partial charge in [-0.25, -0.2) is 14.6 Å². The molecule has 10 nitrogen and oxygen atoms in total. The number of fused-ring (bicyclic) bond motifs is 1. The van der Waals surface area contributed by atoms with Gasteiger partial charge in [-0.15, -0.1) is 0 Å².